The lowest BCUT2D eigenvalue weighted by Crippen LogP contribution is -2.22. The van der Waals surface area contributed by atoms with Crippen LogP contribution in [0.2, 0.25) is 0 Å². The number of rotatable bonds is 5. The van der Waals surface area contributed by atoms with Crippen LogP contribution in [0.1, 0.15) is 21.7 Å². The summed E-state index contributed by atoms with van der Waals surface area (Å²) in [5.41, 5.74) is 1.26. The largest absolute Gasteiger partial charge is 0.465 e. The van der Waals surface area contributed by atoms with Gasteiger partial charge in [0.1, 0.15) is 0 Å². The van der Waals surface area contributed by atoms with Crippen molar-refractivity contribution in [1.29, 1.82) is 0 Å². The zero-order valence-electron chi connectivity index (χ0n) is 12.7. The first-order valence-electron chi connectivity index (χ1n) is 6.76. The van der Waals surface area contributed by atoms with Crippen LogP contribution in [0.15, 0.2) is 30.3 Å². The van der Waals surface area contributed by atoms with E-state index in [0.717, 1.165) is 5.56 Å². The number of methoxy groups -OCH3 is 1. The average Bonchev–Trinajstić information content (AvgIpc) is 2.89. The third-order valence-electron chi connectivity index (χ3n) is 3.15. The smallest absolute Gasteiger partial charge is 0.337 e. The number of ether oxygens (including phenoxy) is 1. The summed E-state index contributed by atoms with van der Waals surface area (Å²) in [4.78, 5) is 23.1. The number of carbonyl (C=O) groups is 2. The molecule has 7 nitrogen and oxygen atoms in total. The number of benzene rings is 1. The molecular formula is C15H16N4O3S. The van der Waals surface area contributed by atoms with Gasteiger partial charge in [0.15, 0.2) is 10.6 Å². The molecule has 0 atom stereocenters. The Morgan fingerprint density at radius 3 is 2.65 bits per heavy atom. The van der Waals surface area contributed by atoms with Gasteiger partial charge in [0, 0.05) is 13.1 Å². The van der Waals surface area contributed by atoms with Crippen molar-refractivity contribution in [3.05, 3.63) is 52.1 Å². The molecule has 0 aliphatic carbocycles. The van der Waals surface area contributed by atoms with Gasteiger partial charge in [-0.25, -0.2) is 4.79 Å². The summed E-state index contributed by atoms with van der Waals surface area (Å²) in [5, 5.41) is 9.36. The number of aromatic amines is 1. The van der Waals surface area contributed by atoms with Crippen LogP contribution in [0.3, 0.4) is 0 Å². The quantitative estimate of drug-likeness (QED) is 0.493. The lowest BCUT2D eigenvalue weighted by molar-refractivity contribution is -0.116. The van der Waals surface area contributed by atoms with Crippen LogP contribution in [-0.4, -0.2) is 33.8 Å². The minimum Gasteiger partial charge on any atom is -0.465 e. The molecule has 23 heavy (non-hydrogen) atoms. The maximum atomic E-state index is 11.8. The predicted molar refractivity (Wildman–Crippen MR) is 87.1 cm³/mol. The maximum Gasteiger partial charge on any atom is 0.337 e. The van der Waals surface area contributed by atoms with E-state index in [1.807, 2.05) is 0 Å². The van der Waals surface area contributed by atoms with Gasteiger partial charge in [-0.2, -0.15) is 5.10 Å². The fourth-order valence-corrected chi connectivity index (χ4v) is 1.93. The monoisotopic (exact) mass is 332 g/mol. The van der Waals surface area contributed by atoms with Gasteiger partial charge in [-0.05, 0) is 36.0 Å². The van der Waals surface area contributed by atoms with E-state index in [1.54, 1.807) is 42.0 Å². The summed E-state index contributed by atoms with van der Waals surface area (Å²) in [6.45, 7) is 0.272. The first kappa shape index (κ1) is 16.6. The summed E-state index contributed by atoms with van der Waals surface area (Å²) in [5.74, 6) is -0.0126. The van der Waals surface area contributed by atoms with E-state index >= 15 is 0 Å². The molecule has 0 saturated heterocycles. The number of hydrogen-bond acceptors (Lipinski definition) is 5. The molecular weight excluding hydrogens is 316 g/mol. The third kappa shape index (κ3) is 4.36. The first-order valence-corrected chi connectivity index (χ1v) is 7.16. The fraction of sp³-hybridized carbons (Fsp3) is 0.200. The fourth-order valence-electron chi connectivity index (χ4n) is 1.78. The molecule has 120 valence electrons. The van der Waals surface area contributed by atoms with Crippen LogP contribution < -0.4 is 5.32 Å². The van der Waals surface area contributed by atoms with Crippen molar-refractivity contribution in [3.8, 4) is 0 Å². The summed E-state index contributed by atoms with van der Waals surface area (Å²) in [6, 6.07) is 6.73. The maximum absolute atomic E-state index is 11.8. The zero-order valence-corrected chi connectivity index (χ0v) is 13.5. The van der Waals surface area contributed by atoms with Crippen LogP contribution in [-0.2, 0) is 23.1 Å². The van der Waals surface area contributed by atoms with Gasteiger partial charge >= 0.3 is 5.97 Å². The second-order valence-electron chi connectivity index (χ2n) is 4.67. The topological polar surface area (TPSA) is 89.0 Å². The van der Waals surface area contributed by atoms with Gasteiger partial charge in [0.25, 0.3) is 0 Å². The van der Waals surface area contributed by atoms with E-state index in [-0.39, 0.29) is 12.5 Å². The summed E-state index contributed by atoms with van der Waals surface area (Å²) in [7, 11) is 3.10. The molecule has 0 unspecified atom stereocenters. The molecule has 2 rings (SSSR count). The Morgan fingerprint density at radius 1 is 1.39 bits per heavy atom. The van der Waals surface area contributed by atoms with E-state index in [0.29, 0.717) is 16.2 Å². The molecule has 1 aromatic carbocycles. The highest BCUT2D eigenvalue weighted by atomic mass is 32.1. The van der Waals surface area contributed by atoms with E-state index in [1.165, 1.54) is 13.2 Å². The molecule has 0 spiro atoms. The Kier molecular flexibility index (Phi) is 5.42. The molecule has 2 aromatic rings. The van der Waals surface area contributed by atoms with E-state index in [4.69, 9.17) is 12.2 Å². The minimum absolute atomic E-state index is 0.254. The van der Waals surface area contributed by atoms with Crippen LogP contribution in [0.25, 0.3) is 6.08 Å². The van der Waals surface area contributed by atoms with Gasteiger partial charge in [-0.1, -0.05) is 12.1 Å². The molecule has 0 aliphatic heterocycles. The number of hydrogen-bond donors (Lipinski definition) is 2. The van der Waals surface area contributed by atoms with Gasteiger partial charge in [-0.3, -0.25) is 9.89 Å². The highest BCUT2D eigenvalue weighted by Crippen LogP contribution is 2.07. The van der Waals surface area contributed by atoms with E-state index in [2.05, 4.69) is 20.3 Å². The second kappa shape index (κ2) is 7.50. The number of carbonyl (C=O) groups excluding carboxylic acids is 2. The van der Waals surface area contributed by atoms with Crippen molar-refractivity contribution < 1.29 is 14.3 Å². The molecule has 0 saturated carbocycles. The zero-order chi connectivity index (χ0) is 16.8. The van der Waals surface area contributed by atoms with E-state index < -0.39 is 5.97 Å². The van der Waals surface area contributed by atoms with Gasteiger partial charge in [0.2, 0.25) is 5.91 Å². The van der Waals surface area contributed by atoms with Crippen LogP contribution in [0.4, 0.5) is 0 Å². The van der Waals surface area contributed by atoms with Crippen molar-refractivity contribution in [2.75, 3.05) is 7.11 Å². The standard InChI is InChI=1S/C15H16N4O3S/c1-19-12(17-18-15(19)23)9-16-13(20)8-5-10-3-6-11(7-4-10)14(21)22-2/h3-8H,9H2,1-2H3,(H,16,20)(H,18,23). The summed E-state index contributed by atoms with van der Waals surface area (Å²) < 4.78 is 6.80. The molecule has 8 heteroatoms. The van der Waals surface area contributed by atoms with Crippen molar-refractivity contribution in [3.63, 3.8) is 0 Å². The third-order valence-corrected chi connectivity index (χ3v) is 3.52. The van der Waals surface area contributed by atoms with E-state index in [9.17, 15) is 9.59 Å². The Balaban J connectivity index is 1.92. The highest BCUT2D eigenvalue weighted by molar-refractivity contribution is 7.71. The van der Waals surface area contributed by atoms with Gasteiger partial charge in [-0.15, -0.1) is 0 Å². The van der Waals surface area contributed by atoms with Crippen molar-refractivity contribution >= 4 is 30.2 Å². The predicted octanol–water partition coefficient (Wildman–Crippen LogP) is 1.59. The Bertz CT molecular complexity index is 790. The molecule has 0 radical (unpaired) electrons. The number of amides is 1. The molecule has 0 fully saturated rings. The molecule has 1 aromatic heterocycles. The number of nitrogens with zero attached hydrogens (tertiary/aromatic N) is 2. The molecule has 2 N–H and O–H groups in total. The Hall–Kier alpha value is -2.74. The van der Waals surface area contributed by atoms with Gasteiger partial charge in [0.05, 0.1) is 19.2 Å². The summed E-state index contributed by atoms with van der Waals surface area (Å²) in [6.07, 6.45) is 3.06. The lowest BCUT2D eigenvalue weighted by Gasteiger charge is -2.02. The number of H-pyrrole nitrogens is 1. The Labute approximate surface area is 138 Å². The second-order valence-corrected chi connectivity index (χ2v) is 5.06. The molecule has 1 amide bonds. The Morgan fingerprint density at radius 2 is 2.09 bits per heavy atom. The van der Waals surface area contributed by atoms with Crippen LogP contribution >= 0.6 is 12.2 Å². The van der Waals surface area contributed by atoms with Gasteiger partial charge < -0.3 is 14.6 Å². The number of esters is 1. The molecule has 0 bridgehead atoms. The van der Waals surface area contributed by atoms with Crippen molar-refractivity contribution in [2.24, 2.45) is 7.05 Å². The van der Waals surface area contributed by atoms with Crippen molar-refractivity contribution in [1.82, 2.24) is 20.1 Å². The first-order chi connectivity index (χ1) is 11.0. The number of nitrogens with one attached hydrogen (secondary N) is 2. The molecule has 0 aliphatic rings. The molecule has 1 heterocycles. The minimum atomic E-state index is -0.397. The van der Waals surface area contributed by atoms with Crippen molar-refractivity contribution in [2.45, 2.75) is 6.54 Å². The SMILES string of the molecule is COC(=O)c1ccc(C=CC(=O)NCc2n[nH]c(=S)n2C)cc1. The van der Waals surface area contributed by atoms with Crippen LogP contribution in [0.5, 0.6) is 0 Å². The highest BCUT2D eigenvalue weighted by Gasteiger charge is 2.04. The summed E-state index contributed by atoms with van der Waals surface area (Å²) >= 11 is 4.99. The van der Waals surface area contributed by atoms with Crippen LogP contribution in [0, 0.1) is 4.77 Å². The number of aromatic nitrogens is 3. The lowest BCUT2D eigenvalue weighted by atomic mass is 10.1. The normalized spacial score (nSPS) is 10.7. The average molecular weight is 332 g/mol.